The predicted octanol–water partition coefficient (Wildman–Crippen LogP) is 3.55. The van der Waals surface area contributed by atoms with Gasteiger partial charge in [0, 0.05) is 13.0 Å². The number of pyridine rings is 1. The molecule has 0 radical (unpaired) electrons. The molecule has 34 heavy (non-hydrogen) atoms. The molecule has 11 heteroatoms. The van der Waals surface area contributed by atoms with Crippen LogP contribution in [0.5, 0.6) is 5.75 Å². The van der Waals surface area contributed by atoms with E-state index in [4.69, 9.17) is 9.26 Å². The number of rotatable bonds is 8. The molecule has 2 saturated carbocycles. The monoisotopic (exact) mass is 467 g/mol. The number of carboxylic acid groups (broad SMARTS) is 1. The fraction of sp³-hybridized carbons (Fsp3) is 0.565. The van der Waals surface area contributed by atoms with Crippen LogP contribution in [0.25, 0.3) is 11.4 Å². The number of nitrogens with zero attached hydrogens (tertiary/aromatic N) is 6. The Labute approximate surface area is 196 Å². The fourth-order valence-corrected chi connectivity index (χ4v) is 4.84. The summed E-state index contributed by atoms with van der Waals surface area (Å²) >= 11 is 0. The normalized spacial score (nSPS) is 21.0. The van der Waals surface area contributed by atoms with Gasteiger partial charge in [0.1, 0.15) is 11.4 Å². The molecule has 11 nitrogen and oxygen atoms in total. The number of aliphatic carboxylic acids is 1. The Morgan fingerprint density at radius 2 is 2.09 bits per heavy atom. The molecular weight excluding hydrogens is 438 g/mol. The van der Waals surface area contributed by atoms with Gasteiger partial charge in [-0.1, -0.05) is 18.1 Å². The maximum atomic E-state index is 11.3. The summed E-state index contributed by atoms with van der Waals surface area (Å²) in [6.45, 7) is 0.418. The largest absolute Gasteiger partial charge is 0.489 e. The Morgan fingerprint density at radius 3 is 2.85 bits per heavy atom. The van der Waals surface area contributed by atoms with Gasteiger partial charge in [0.2, 0.25) is 5.89 Å². The summed E-state index contributed by atoms with van der Waals surface area (Å²) in [5, 5.41) is 25.0. The minimum atomic E-state index is -0.749. The van der Waals surface area contributed by atoms with Crippen molar-refractivity contribution in [3.63, 3.8) is 0 Å². The van der Waals surface area contributed by atoms with E-state index in [0.29, 0.717) is 54.3 Å². The number of hydrogen-bond acceptors (Lipinski definition) is 9. The van der Waals surface area contributed by atoms with E-state index in [9.17, 15) is 9.90 Å². The number of aryl methyl sites for hydroxylation is 1. The van der Waals surface area contributed by atoms with Crippen LogP contribution in [0.15, 0.2) is 22.9 Å². The SMILES string of the molecule is Cn1nnc(-c2ccc(O[C@H]3CCC[C@H](C(=O)O)C3)cn2)c1CNc1noc(C2CCCC2)n1. The topological polar surface area (TPSA) is 141 Å². The van der Waals surface area contributed by atoms with E-state index >= 15 is 0 Å². The molecule has 3 heterocycles. The third-order valence-corrected chi connectivity index (χ3v) is 6.76. The lowest BCUT2D eigenvalue weighted by atomic mass is 9.87. The van der Waals surface area contributed by atoms with Crippen molar-refractivity contribution in [1.29, 1.82) is 0 Å². The molecule has 2 fully saturated rings. The van der Waals surface area contributed by atoms with Gasteiger partial charge in [-0.25, -0.2) is 4.68 Å². The second kappa shape index (κ2) is 9.78. The van der Waals surface area contributed by atoms with E-state index in [1.54, 1.807) is 10.9 Å². The second-order valence-electron chi connectivity index (χ2n) is 9.12. The first-order chi connectivity index (χ1) is 16.6. The molecule has 3 aromatic heterocycles. The Hall–Kier alpha value is -3.50. The first-order valence-electron chi connectivity index (χ1n) is 11.9. The summed E-state index contributed by atoms with van der Waals surface area (Å²) < 4.78 is 13.1. The summed E-state index contributed by atoms with van der Waals surface area (Å²) in [5.41, 5.74) is 2.17. The number of nitrogens with one attached hydrogen (secondary N) is 1. The number of hydrogen-bond donors (Lipinski definition) is 2. The van der Waals surface area contributed by atoms with E-state index in [1.807, 2.05) is 19.2 Å². The van der Waals surface area contributed by atoms with Crippen LogP contribution in [-0.2, 0) is 18.4 Å². The van der Waals surface area contributed by atoms with Crippen LogP contribution in [0.2, 0.25) is 0 Å². The van der Waals surface area contributed by atoms with Crippen LogP contribution in [0, 0.1) is 5.92 Å². The van der Waals surface area contributed by atoms with Crippen molar-refractivity contribution >= 4 is 11.9 Å². The molecule has 0 unspecified atom stereocenters. The quantitative estimate of drug-likeness (QED) is 0.505. The van der Waals surface area contributed by atoms with Gasteiger partial charge in [-0.05, 0) is 55.8 Å². The smallest absolute Gasteiger partial charge is 0.306 e. The summed E-state index contributed by atoms with van der Waals surface area (Å²) in [6.07, 6.45) is 9.10. The maximum Gasteiger partial charge on any atom is 0.306 e. The predicted molar refractivity (Wildman–Crippen MR) is 121 cm³/mol. The van der Waals surface area contributed by atoms with Crippen molar-refractivity contribution in [3.8, 4) is 17.1 Å². The highest BCUT2D eigenvalue weighted by atomic mass is 16.5. The van der Waals surface area contributed by atoms with Crippen molar-refractivity contribution in [3.05, 3.63) is 29.9 Å². The molecule has 0 spiro atoms. The number of carbonyl (C=O) groups is 1. The molecule has 2 aliphatic rings. The molecule has 0 amide bonds. The van der Waals surface area contributed by atoms with E-state index < -0.39 is 5.97 Å². The lowest BCUT2D eigenvalue weighted by Gasteiger charge is -2.27. The van der Waals surface area contributed by atoms with Gasteiger partial charge in [0.25, 0.3) is 5.95 Å². The van der Waals surface area contributed by atoms with Gasteiger partial charge >= 0.3 is 5.97 Å². The zero-order valence-corrected chi connectivity index (χ0v) is 19.2. The summed E-state index contributed by atoms with van der Waals surface area (Å²) in [6, 6.07) is 3.68. The molecule has 5 rings (SSSR count). The highest BCUT2D eigenvalue weighted by Crippen LogP contribution is 2.33. The summed E-state index contributed by atoms with van der Waals surface area (Å²) in [5.74, 6) is 1.06. The Kier molecular flexibility index (Phi) is 6.41. The van der Waals surface area contributed by atoms with E-state index in [-0.39, 0.29) is 12.0 Å². The molecule has 2 atom stereocenters. The van der Waals surface area contributed by atoms with Gasteiger partial charge in [-0.3, -0.25) is 9.78 Å². The van der Waals surface area contributed by atoms with Crippen molar-refractivity contribution in [2.24, 2.45) is 13.0 Å². The Balaban J connectivity index is 1.23. The summed E-state index contributed by atoms with van der Waals surface area (Å²) in [4.78, 5) is 20.3. The number of carboxylic acids is 1. The van der Waals surface area contributed by atoms with Crippen molar-refractivity contribution in [2.45, 2.75) is 69.9 Å². The van der Waals surface area contributed by atoms with Gasteiger partial charge < -0.3 is 19.7 Å². The average Bonchev–Trinajstić information content (AvgIpc) is 3.60. The van der Waals surface area contributed by atoms with Crippen LogP contribution in [0.4, 0.5) is 5.95 Å². The van der Waals surface area contributed by atoms with Crippen LogP contribution >= 0.6 is 0 Å². The van der Waals surface area contributed by atoms with Crippen LogP contribution in [-0.4, -0.2) is 47.3 Å². The van der Waals surface area contributed by atoms with E-state index in [0.717, 1.165) is 31.4 Å². The molecule has 2 aliphatic carbocycles. The van der Waals surface area contributed by atoms with Crippen LogP contribution < -0.4 is 10.1 Å². The van der Waals surface area contributed by atoms with Crippen molar-refractivity contribution in [1.82, 2.24) is 30.1 Å². The molecule has 3 aromatic rings. The molecular formula is C23H29N7O4. The molecule has 0 saturated heterocycles. The van der Waals surface area contributed by atoms with Gasteiger partial charge in [0.15, 0.2) is 0 Å². The minimum absolute atomic E-state index is 0.108. The number of ether oxygens (including phenoxy) is 1. The minimum Gasteiger partial charge on any atom is -0.489 e. The highest BCUT2D eigenvalue weighted by molar-refractivity contribution is 5.70. The highest BCUT2D eigenvalue weighted by Gasteiger charge is 2.28. The van der Waals surface area contributed by atoms with Crippen molar-refractivity contribution < 1.29 is 19.2 Å². The Bertz CT molecular complexity index is 1120. The van der Waals surface area contributed by atoms with Crippen LogP contribution in [0.3, 0.4) is 0 Å². The average molecular weight is 468 g/mol. The number of anilines is 1. The standard InChI is InChI=1S/C23H29N7O4/c1-30-19(13-25-23-26-21(34-28-23)14-5-2-3-6-14)20(27-29-30)18-10-9-17(12-24-18)33-16-8-4-7-15(11-16)22(31)32/h9-10,12,14-16H,2-8,11,13H2,1H3,(H,25,28)(H,31,32)/t15-,16-/m0/s1. The molecule has 2 N–H and O–H groups in total. The first-order valence-corrected chi connectivity index (χ1v) is 11.9. The lowest BCUT2D eigenvalue weighted by molar-refractivity contribution is -0.143. The summed E-state index contributed by atoms with van der Waals surface area (Å²) in [7, 11) is 1.83. The molecule has 180 valence electrons. The fourth-order valence-electron chi connectivity index (χ4n) is 4.84. The molecule has 0 bridgehead atoms. The van der Waals surface area contributed by atoms with Crippen LogP contribution in [0.1, 0.15) is 68.9 Å². The second-order valence-corrected chi connectivity index (χ2v) is 9.12. The zero-order valence-electron chi connectivity index (χ0n) is 19.2. The van der Waals surface area contributed by atoms with E-state index in [1.165, 1.54) is 12.8 Å². The van der Waals surface area contributed by atoms with Gasteiger partial charge in [0.05, 0.1) is 36.2 Å². The third-order valence-electron chi connectivity index (χ3n) is 6.76. The molecule has 0 aliphatic heterocycles. The number of aromatic nitrogens is 6. The molecule has 0 aromatic carbocycles. The first kappa shape index (κ1) is 22.3. The zero-order chi connectivity index (χ0) is 23.5. The third kappa shape index (κ3) is 4.87. The van der Waals surface area contributed by atoms with Crippen molar-refractivity contribution in [2.75, 3.05) is 5.32 Å². The lowest BCUT2D eigenvalue weighted by Crippen LogP contribution is -2.29. The maximum absolute atomic E-state index is 11.3. The van der Waals surface area contributed by atoms with E-state index in [2.05, 4.69) is 30.8 Å². The van der Waals surface area contributed by atoms with Gasteiger partial charge in [-0.15, -0.1) is 5.10 Å². The van der Waals surface area contributed by atoms with Gasteiger partial charge in [-0.2, -0.15) is 4.98 Å². The Morgan fingerprint density at radius 1 is 1.24 bits per heavy atom.